The van der Waals surface area contributed by atoms with Crippen molar-refractivity contribution in [2.24, 2.45) is 5.92 Å². The van der Waals surface area contributed by atoms with Gasteiger partial charge in [0.25, 0.3) is 0 Å². The zero-order valence-electron chi connectivity index (χ0n) is 9.82. The van der Waals surface area contributed by atoms with Gasteiger partial charge < -0.3 is 0 Å². The summed E-state index contributed by atoms with van der Waals surface area (Å²) >= 11 is 0. The molecule has 2 heteroatoms. The van der Waals surface area contributed by atoms with Gasteiger partial charge in [-0.3, -0.25) is 4.90 Å². The molecule has 0 spiro atoms. The monoisotopic (exact) mass is 214 g/mol. The van der Waals surface area contributed by atoms with Crippen LogP contribution in [0.3, 0.4) is 0 Å². The van der Waals surface area contributed by atoms with Gasteiger partial charge in [0.1, 0.15) is 0 Å². The van der Waals surface area contributed by atoms with Gasteiger partial charge in [0.05, 0.1) is 11.6 Å². The molecule has 1 aliphatic rings. The smallest absolute Gasteiger partial charge is 0.0991 e. The van der Waals surface area contributed by atoms with Gasteiger partial charge in [0.2, 0.25) is 0 Å². The Morgan fingerprint density at radius 3 is 2.81 bits per heavy atom. The summed E-state index contributed by atoms with van der Waals surface area (Å²) in [5, 5.41) is 8.84. The van der Waals surface area contributed by atoms with Crippen molar-refractivity contribution in [3.05, 3.63) is 35.4 Å². The quantitative estimate of drug-likeness (QED) is 0.757. The summed E-state index contributed by atoms with van der Waals surface area (Å²) < 4.78 is 0. The predicted molar refractivity (Wildman–Crippen MR) is 64.8 cm³/mol. The van der Waals surface area contributed by atoms with Gasteiger partial charge in [0.15, 0.2) is 0 Å². The van der Waals surface area contributed by atoms with E-state index in [1.54, 1.807) is 0 Å². The third kappa shape index (κ3) is 2.84. The van der Waals surface area contributed by atoms with Gasteiger partial charge in [-0.15, -0.1) is 0 Å². The number of piperidine rings is 1. The molecule has 1 heterocycles. The molecule has 0 radical (unpaired) electrons. The molecule has 2 rings (SSSR count). The average Bonchev–Trinajstić information content (AvgIpc) is 2.32. The molecular weight excluding hydrogens is 196 g/mol. The topological polar surface area (TPSA) is 27.0 Å². The Balaban J connectivity index is 1.96. The molecule has 1 fully saturated rings. The van der Waals surface area contributed by atoms with Crippen molar-refractivity contribution >= 4 is 0 Å². The molecule has 1 aromatic carbocycles. The molecule has 0 saturated carbocycles. The zero-order valence-corrected chi connectivity index (χ0v) is 9.82. The third-order valence-corrected chi connectivity index (χ3v) is 3.34. The molecule has 1 aliphatic heterocycles. The number of nitrogens with zero attached hydrogens (tertiary/aromatic N) is 2. The lowest BCUT2D eigenvalue weighted by Crippen LogP contribution is -2.32. The minimum Gasteiger partial charge on any atom is -0.299 e. The van der Waals surface area contributed by atoms with Crippen LogP contribution in [0.15, 0.2) is 24.3 Å². The summed E-state index contributed by atoms with van der Waals surface area (Å²) in [5.41, 5.74) is 2.02. The van der Waals surface area contributed by atoms with Crippen molar-refractivity contribution in [1.29, 1.82) is 5.26 Å². The van der Waals surface area contributed by atoms with E-state index in [0.717, 1.165) is 18.0 Å². The Morgan fingerprint density at radius 1 is 1.38 bits per heavy atom. The second-order valence-electron chi connectivity index (χ2n) is 4.77. The largest absolute Gasteiger partial charge is 0.299 e. The summed E-state index contributed by atoms with van der Waals surface area (Å²) in [6.07, 6.45) is 2.61. The highest BCUT2D eigenvalue weighted by molar-refractivity contribution is 5.32. The van der Waals surface area contributed by atoms with E-state index in [9.17, 15) is 0 Å². The molecule has 0 N–H and O–H groups in total. The SMILES string of the molecule is CC1CCN(Cc2cccc(C#N)c2)CC1. The maximum Gasteiger partial charge on any atom is 0.0991 e. The van der Waals surface area contributed by atoms with Crippen LogP contribution in [-0.4, -0.2) is 18.0 Å². The van der Waals surface area contributed by atoms with Crippen LogP contribution in [0.5, 0.6) is 0 Å². The molecule has 1 aromatic rings. The van der Waals surface area contributed by atoms with Crippen molar-refractivity contribution in [2.75, 3.05) is 13.1 Å². The number of benzene rings is 1. The number of likely N-dealkylation sites (tertiary alicyclic amines) is 1. The molecule has 16 heavy (non-hydrogen) atoms. The first-order chi connectivity index (χ1) is 7.78. The van der Waals surface area contributed by atoms with Crippen molar-refractivity contribution in [3.8, 4) is 6.07 Å². The Morgan fingerprint density at radius 2 is 2.12 bits per heavy atom. The third-order valence-electron chi connectivity index (χ3n) is 3.34. The maximum atomic E-state index is 8.84. The lowest BCUT2D eigenvalue weighted by molar-refractivity contribution is 0.185. The number of hydrogen-bond acceptors (Lipinski definition) is 2. The summed E-state index contributed by atoms with van der Waals surface area (Å²) in [5.74, 6) is 0.877. The average molecular weight is 214 g/mol. The van der Waals surface area contributed by atoms with Crippen LogP contribution in [0.4, 0.5) is 0 Å². The molecule has 84 valence electrons. The maximum absolute atomic E-state index is 8.84. The summed E-state index contributed by atoms with van der Waals surface area (Å²) in [6, 6.07) is 10.1. The highest BCUT2D eigenvalue weighted by Gasteiger charge is 2.15. The van der Waals surface area contributed by atoms with E-state index in [4.69, 9.17) is 5.26 Å². The van der Waals surface area contributed by atoms with Gasteiger partial charge in [-0.1, -0.05) is 19.1 Å². The van der Waals surface area contributed by atoms with E-state index >= 15 is 0 Å². The fourth-order valence-electron chi connectivity index (χ4n) is 2.22. The summed E-state index contributed by atoms with van der Waals surface area (Å²) in [4.78, 5) is 2.48. The molecule has 0 atom stereocenters. The van der Waals surface area contributed by atoms with Crippen LogP contribution >= 0.6 is 0 Å². The van der Waals surface area contributed by atoms with E-state index in [0.29, 0.717) is 0 Å². The molecule has 1 saturated heterocycles. The fraction of sp³-hybridized carbons (Fsp3) is 0.500. The van der Waals surface area contributed by atoms with Gasteiger partial charge >= 0.3 is 0 Å². The first-order valence-corrected chi connectivity index (χ1v) is 5.99. The van der Waals surface area contributed by atoms with E-state index in [1.807, 2.05) is 18.2 Å². The molecule has 2 nitrogen and oxygen atoms in total. The van der Waals surface area contributed by atoms with Crippen molar-refractivity contribution < 1.29 is 0 Å². The first-order valence-electron chi connectivity index (χ1n) is 5.99. The lowest BCUT2D eigenvalue weighted by atomic mass is 9.99. The Labute approximate surface area is 97.5 Å². The molecule has 0 aromatic heterocycles. The highest BCUT2D eigenvalue weighted by Crippen LogP contribution is 2.18. The molecule has 0 bridgehead atoms. The standard InChI is InChI=1S/C14H18N2/c1-12-5-7-16(8-6-12)11-14-4-2-3-13(9-14)10-15/h2-4,9,12H,5-8,11H2,1H3. The minimum atomic E-state index is 0.767. The lowest BCUT2D eigenvalue weighted by Gasteiger charge is -2.30. The second kappa shape index (κ2) is 5.14. The first kappa shape index (κ1) is 11.2. The Kier molecular flexibility index (Phi) is 3.58. The Bertz CT molecular complexity index is 384. The van der Waals surface area contributed by atoms with Gasteiger partial charge in [0, 0.05) is 6.54 Å². The molecule has 0 unspecified atom stereocenters. The summed E-state index contributed by atoms with van der Waals surface area (Å²) in [6.45, 7) is 5.70. The molecule has 0 aliphatic carbocycles. The van der Waals surface area contributed by atoms with E-state index in [2.05, 4.69) is 24.0 Å². The highest BCUT2D eigenvalue weighted by atomic mass is 15.1. The van der Waals surface area contributed by atoms with Crippen molar-refractivity contribution in [2.45, 2.75) is 26.3 Å². The van der Waals surface area contributed by atoms with Crippen LogP contribution in [0.2, 0.25) is 0 Å². The van der Waals surface area contributed by atoms with E-state index in [1.165, 1.54) is 31.5 Å². The van der Waals surface area contributed by atoms with Gasteiger partial charge in [-0.05, 0) is 49.5 Å². The van der Waals surface area contributed by atoms with E-state index in [-0.39, 0.29) is 0 Å². The fourth-order valence-corrected chi connectivity index (χ4v) is 2.22. The number of nitriles is 1. The van der Waals surface area contributed by atoms with Crippen molar-refractivity contribution in [3.63, 3.8) is 0 Å². The van der Waals surface area contributed by atoms with Crippen LogP contribution in [0, 0.1) is 17.2 Å². The Hall–Kier alpha value is -1.33. The predicted octanol–water partition coefficient (Wildman–Crippen LogP) is 2.79. The second-order valence-corrected chi connectivity index (χ2v) is 4.77. The molecule has 0 amide bonds. The zero-order chi connectivity index (χ0) is 11.4. The van der Waals surface area contributed by atoms with Crippen LogP contribution in [0.25, 0.3) is 0 Å². The van der Waals surface area contributed by atoms with Crippen LogP contribution in [0.1, 0.15) is 30.9 Å². The minimum absolute atomic E-state index is 0.767. The summed E-state index contributed by atoms with van der Waals surface area (Å²) in [7, 11) is 0. The normalized spacial score (nSPS) is 18.2. The molecular formula is C14H18N2. The number of hydrogen-bond donors (Lipinski definition) is 0. The van der Waals surface area contributed by atoms with Gasteiger partial charge in [-0.2, -0.15) is 5.26 Å². The number of rotatable bonds is 2. The van der Waals surface area contributed by atoms with Crippen LogP contribution < -0.4 is 0 Å². The van der Waals surface area contributed by atoms with Crippen molar-refractivity contribution in [1.82, 2.24) is 4.90 Å². The van der Waals surface area contributed by atoms with Crippen LogP contribution in [-0.2, 0) is 6.54 Å². The van der Waals surface area contributed by atoms with Gasteiger partial charge in [-0.25, -0.2) is 0 Å². The van der Waals surface area contributed by atoms with E-state index < -0.39 is 0 Å².